The molecule has 2 aromatic carbocycles. The van der Waals surface area contributed by atoms with Gasteiger partial charge in [-0.2, -0.15) is 5.26 Å². The minimum Gasteiger partial charge on any atom is -0.394 e. The van der Waals surface area contributed by atoms with Crippen LogP contribution in [0.3, 0.4) is 0 Å². The highest BCUT2D eigenvalue weighted by atomic mass is 19.1. The van der Waals surface area contributed by atoms with Crippen molar-refractivity contribution in [2.45, 2.75) is 30.8 Å². The number of amides is 1. The van der Waals surface area contributed by atoms with Crippen LogP contribution in [0, 0.1) is 23.1 Å². The Balaban J connectivity index is 1.73. The van der Waals surface area contributed by atoms with Crippen molar-refractivity contribution in [1.82, 2.24) is 4.90 Å². The van der Waals surface area contributed by atoms with Gasteiger partial charge in [-0.05, 0) is 41.7 Å². The lowest BCUT2D eigenvalue weighted by molar-refractivity contribution is -0.148. The average molecular weight is 350 g/mol. The van der Waals surface area contributed by atoms with Crippen LogP contribution in [0.4, 0.5) is 4.39 Å². The van der Waals surface area contributed by atoms with Crippen molar-refractivity contribution >= 4 is 5.91 Å². The summed E-state index contributed by atoms with van der Waals surface area (Å²) in [4.78, 5) is 14.1. The van der Waals surface area contributed by atoms with Crippen LogP contribution >= 0.6 is 0 Å². The normalized spacial score (nSPS) is 24.7. The predicted octanol–water partition coefficient (Wildman–Crippen LogP) is 3.08. The Bertz CT molecular complexity index is 888. The van der Waals surface area contributed by atoms with E-state index in [1.165, 1.54) is 12.1 Å². The van der Waals surface area contributed by atoms with Crippen molar-refractivity contribution in [3.05, 3.63) is 59.9 Å². The molecule has 0 spiro atoms. The molecule has 1 aliphatic carbocycles. The number of hydrogen-bond donors (Lipinski definition) is 1. The molecule has 3 atom stereocenters. The Morgan fingerprint density at radius 3 is 2.65 bits per heavy atom. The fraction of sp³-hybridized carbons (Fsp3) is 0.333. The fourth-order valence-electron chi connectivity index (χ4n) is 3.93. The van der Waals surface area contributed by atoms with E-state index in [-0.39, 0.29) is 30.2 Å². The lowest BCUT2D eigenvalue weighted by Crippen LogP contribution is -2.65. The Hall–Kier alpha value is -2.71. The lowest BCUT2D eigenvalue weighted by atomic mass is 9.73. The molecule has 2 fully saturated rings. The molecule has 1 amide bonds. The highest BCUT2D eigenvalue weighted by Crippen LogP contribution is 2.46. The molecular weight excluding hydrogens is 331 g/mol. The summed E-state index contributed by atoms with van der Waals surface area (Å²) < 4.78 is 13.7. The minimum absolute atomic E-state index is 0.000636. The summed E-state index contributed by atoms with van der Waals surface area (Å²) in [6.07, 6.45) is 1.71. The van der Waals surface area contributed by atoms with Crippen LogP contribution in [0.5, 0.6) is 0 Å². The minimum atomic E-state index is -0.602. The van der Waals surface area contributed by atoms with Gasteiger partial charge in [0.05, 0.1) is 18.7 Å². The number of halogens is 1. The van der Waals surface area contributed by atoms with Gasteiger partial charge in [0.25, 0.3) is 0 Å². The molecule has 132 valence electrons. The Morgan fingerprint density at radius 2 is 2.00 bits per heavy atom. The van der Waals surface area contributed by atoms with E-state index in [4.69, 9.17) is 0 Å². The number of carbonyl (C=O) groups is 1. The van der Waals surface area contributed by atoms with Gasteiger partial charge in [0.15, 0.2) is 0 Å². The average Bonchev–Trinajstić information content (AvgIpc) is 3.47. The standard InChI is InChI=1S/C21H19FN2O2/c22-15-5-3-4-14(10-15)16-6-1-2-7-17(16)20-18(11-23)24(19(20)12-25)21(26)13-8-9-13/h1-7,10,13,18-20,25H,8-9,12H2/t18-,19-,20-/m0/s1. The largest absolute Gasteiger partial charge is 0.394 e. The molecule has 1 heterocycles. The third kappa shape index (κ3) is 2.67. The zero-order valence-corrected chi connectivity index (χ0v) is 14.2. The van der Waals surface area contributed by atoms with Crippen molar-refractivity contribution in [3.63, 3.8) is 0 Å². The molecule has 1 saturated carbocycles. The van der Waals surface area contributed by atoms with Gasteiger partial charge in [0.1, 0.15) is 11.9 Å². The zero-order chi connectivity index (χ0) is 18.3. The highest BCUT2D eigenvalue weighted by molar-refractivity contribution is 5.84. The molecule has 1 aliphatic heterocycles. The molecule has 2 aromatic rings. The number of nitriles is 1. The Kier molecular flexibility index (Phi) is 4.21. The second-order valence-electron chi connectivity index (χ2n) is 6.97. The van der Waals surface area contributed by atoms with Crippen LogP contribution in [0.15, 0.2) is 48.5 Å². The van der Waals surface area contributed by atoms with Crippen LogP contribution in [0.25, 0.3) is 11.1 Å². The van der Waals surface area contributed by atoms with E-state index in [1.54, 1.807) is 11.0 Å². The van der Waals surface area contributed by atoms with Gasteiger partial charge >= 0.3 is 0 Å². The number of rotatable bonds is 4. The van der Waals surface area contributed by atoms with E-state index < -0.39 is 12.1 Å². The topological polar surface area (TPSA) is 64.3 Å². The predicted molar refractivity (Wildman–Crippen MR) is 94.4 cm³/mol. The number of nitrogens with zero attached hydrogens (tertiary/aromatic N) is 2. The summed E-state index contributed by atoms with van der Waals surface area (Å²) in [6, 6.07) is 15.1. The van der Waals surface area contributed by atoms with Crippen LogP contribution in [-0.4, -0.2) is 34.6 Å². The first kappa shape index (κ1) is 16.7. The van der Waals surface area contributed by atoms with Gasteiger partial charge in [-0.3, -0.25) is 4.79 Å². The number of likely N-dealkylation sites (tertiary alicyclic amines) is 1. The van der Waals surface area contributed by atoms with Crippen molar-refractivity contribution < 1.29 is 14.3 Å². The summed E-state index contributed by atoms with van der Waals surface area (Å²) in [7, 11) is 0. The highest BCUT2D eigenvalue weighted by Gasteiger charge is 2.54. The number of aliphatic hydroxyl groups is 1. The molecule has 5 heteroatoms. The van der Waals surface area contributed by atoms with E-state index in [1.807, 2.05) is 30.3 Å². The van der Waals surface area contributed by atoms with E-state index in [0.29, 0.717) is 0 Å². The van der Waals surface area contributed by atoms with Gasteiger partial charge < -0.3 is 10.0 Å². The molecule has 0 bridgehead atoms. The molecule has 0 unspecified atom stereocenters. The SMILES string of the molecule is N#C[C@H]1[C@H](c2ccccc2-c2cccc(F)c2)[C@H](CO)N1C(=O)C1CC1. The lowest BCUT2D eigenvalue weighted by Gasteiger charge is -2.52. The van der Waals surface area contributed by atoms with Crippen molar-refractivity contribution in [2.75, 3.05) is 6.61 Å². The quantitative estimate of drug-likeness (QED) is 0.922. The molecule has 1 saturated heterocycles. The van der Waals surface area contributed by atoms with Gasteiger partial charge in [0, 0.05) is 11.8 Å². The first-order valence-corrected chi connectivity index (χ1v) is 8.83. The fourth-order valence-corrected chi connectivity index (χ4v) is 3.93. The number of benzene rings is 2. The van der Waals surface area contributed by atoms with Gasteiger partial charge in [-0.25, -0.2) is 4.39 Å². The molecular formula is C21H19FN2O2. The van der Waals surface area contributed by atoms with Crippen LogP contribution < -0.4 is 0 Å². The third-order valence-electron chi connectivity index (χ3n) is 5.37. The van der Waals surface area contributed by atoms with E-state index in [0.717, 1.165) is 29.5 Å². The third-order valence-corrected chi connectivity index (χ3v) is 5.37. The Morgan fingerprint density at radius 1 is 1.23 bits per heavy atom. The Labute approximate surface area is 151 Å². The first-order valence-electron chi connectivity index (χ1n) is 8.83. The van der Waals surface area contributed by atoms with Gasteiger partial charge in [0.2, 0.25) is 5.91 Å². The summed E-state index contributed by atoms with van der Waals surface area (Å²) >= 11 is 0. The second kappa shape index (κ2) is 6.54. The van der Waals surface area contributed by atoms with E-state index in [9.17, 15) is 19.6 Å². The van der Waals surface area contributed by atoms with Gasteiger partial charge in [-0.15, -0.1) is 0 Å². The van der Waals surface area contributed by atoms with Crippen LogP contribution in [0.2, 0.25) is 0 Å². The monoisotopic (exact) mass is 350 g/mol. The maximum atomic E-state index is 13.7. The van der Waals surface area contributed by atoms with Crippen LogP contribution in [-0.2, 0) is 4.79 Å². The van der Waals surface area contributed by atoms with E-state index >= 15 is 0 Å². The zero-order valence-electron chi connectivity index (χ0n) is 14.2. The van der Waals surface area contributed by atoms with E-state index in [2.05, 4.69) is 6.07 Å². The summed E-state index contributed by atoms with van der Waals surface area (Å²) in [6.45, 7) is -0.196. The summed E-state index contributed by atoms with van der Waals surface area (Å²) in [5.41, 5.74) is 2.42. The molecule has 2 aliphatic rings. The smallest absolute Gasteiger partial charge is 0.227 e. The first-order chi connectivity index (χ1) is 12.7. The maximum Gasteiger partial charge on any atom is 0.227 e. The molecule has 1 N–H and O–H groups in total. The van der Waals surface area contributed by atoms with Gasteiger partial charge in [-0.1, -0.05) is 36.4 Å². The summed E-state index contributed by atoms with van der Waals surface area (Å²) in [5, 5.41) is 19.6. The van der Waals surface area contributed by atoms with Crippen LogP contribution in [0.1, 0.15) is 24.3 Å². The molecule has 4 rings (SSSR count). The maximum absolute atomic E-state index is 13.7. The van der Waals surface area contributed by atoms with Crippen molar-refractivity contribution in [2.24, 2.45) is 5.92 Å². The summed E-state index contributed by atoms with van der Waals surface area (Å²) in [5.74, 6) is -0.645. The van der Waals surface area contributed by atoms with Crippen molar-refractivity contribution in [1.29, 1.82) is 5.26 Å². The molecule has 0 radical (unpaired) electrons. The second-order valence-corrected chi connectivity index (χ2v) is 6.97. The molecule has 4 nitrogen and oxygen atoms in total. The number of hydrogen-bond acceptors (Lipinski definition) is 3. The molecule has 0 aromatic heterocycles. The number of aliphatic hydroxyl groups excluding tert-OH is 1. The number of carbonyl (C=O) groups excluding carboxylic acids is 1. The van der Waals surface area contributed by atoms with Crippen molar-refractivity contribution in [3.8, 4) is 17.2 Å². The molecule has 26 heavy (non-hydrogen) atoms.